The molecule has 0 fully saturated rings. The van der Waals surface area contributed by atoms with Gasteiger partial charge in [-0.15, -0.1) is 0 Å². The molecule has 2 heterocycles. The van der Waals surface area contributed by atoms with Gasteiger partial charge in [-0.2, -0.15) is 10.2 Å². The van der Waals surface area contributed by atoms with Gasteiger partial charge in [-0.05, 0) is 33.3 Å². The number of hydrogen-bond acceptors (Lipinski definition) is 3. The van der Waals surface area contributed by atoms with E-state index in [4.69, 9.17) is 0 Å². The molecule has 2 aromatic rings. The van der Waals surface area contributed by atoms with Crippen LogP contribution < -0.4 is 5.32 Å². The lowest BCUT2D eigenvalue weighted by Crippen LogP contribution is -2.17. The second kappa shape index (κ2) is 6.02. The third-order valence-corrected chi connectivity index (χ3v) is 3.44. The van der Waals surface area contributed by atoms with Gasteiger partial charge in [-0.25, -0.2) is 0 Å². The molecule has 2 aromatic heterocycles. The Bertz CT molecular complexity index is 538. The molecule has 0 spiro atoms. The van der Waals surface area contributed by atoms with Crippen LogP contribution in [0.3, 0.4) is 0 Å². The summed E-state index contributed by atoms with van der Waals surface area (Å²) in [6, 6.07) is 0. The molecule has 0 aliphatic heterocycles. The largest absolute Gasteiger partial charge is 0.307 e. The van der Waals surface area contributed by atoms with Crippen LogP contribution >= 0.6 is 0 Å². The van der Waals surface area contributed by atoms with E-state index in [1.807, 2.05) is 15.6 Å². The molecule has 2 rings (SSSR count). The van der Waals surface area contributed by atoms with Crippen LogP contribution in [0.4, 0.5) is 0 Å². The fraction of sp³-hybridized carbons (Fsp3) is 0.571. The average molecular weight is 261 g/mol. The molecule has 0 saturated heterocycles. The van der Waals surface area contributed by atoms with Crippen LogP contribution in [0, 0.1) is 13.8 Å². The van der Waals surface area contributed by atoms with Gasteiger partial charge in [0.15, 0.2) is 0 Å². The summed E-state index contributed by atoms with van der Waals surface area (Å²) in [4.78, 5) is 0. The van der Waals surface area contributed by atoms with Crippen molar-refractivity contribution in [1.82, 2.24) is 24.9 Å². The molecule has 0 aromatic carbocycles. The topological polar surface area (TPSA) is 47.7 Å². The van der Waals surface area contributed by atoms with E-state index < -0.39 is 0 Å². The third-order valence-electron chi connectivity index (χ3n) is 3.44. The molecule has 0 radical (unpaired) electrons. The van der Waals surface area contributed by atoms with Crippen molar-refractivity contribution >= 4 is 0 Å². The highest BCUT2D eigenvalue weighted by atomic mass is 15.3. The Morgan fingerprint density at radius 1 is 1.16 bits per heavy atom. The molecule has 1 N–H and O–H groups in total. The number of hydrogen-bond donors (Lipinski definition) is 1. The summed E-state index contributed by atoms with van der Waals surface area (Å²) in [6.45, 7) is 11.9. The van der Waals surface area contributed by atoms with Crippen molar-refractivity contribution in [2.75, 3.05) is 0 Å². The molecule has 0 amide bonds. The molecule has 0 aliphatic carbocycles. The van der Waals surface area contributed by atoms with Gasteiger partial charge in [-0.3, -0.25) is 9.36 Å². The van der Waals surface area contributed by atoms with Crippen molar-refractivity contribution in [3.63, 3.8) is 0 Å². The Labute approximate surface area is 114 Å². The van der Waals surface area contributed by atoms with Crippen LogP contribution in [0.5, 0.6) is 0 Å². The Morgan fingerprint density at radius 3 is 2.58 bits per heavy atom. The lowest BCUT2D eigenvalue weighted by Gasteiger charge is -2.07. The number of aromatic nitrogens is 4. The maximum absolute atomic E-state index is 4.46. The highest BCUT2D eigenvalue weighted by molar-refractivity contribution is 5.17. The first-order valence-electron chi connectivity index (χ1n) is 6.90. The zero-order chi connectivity index (χ0) is 13.8. The Kier molecular flexibility index (Phi) is 4.37. The first kappa shape index (κ1) is 13.8. The summed E-state index contributed by atoms with van der Waals surface area (Å²) in [6.07, 6.45) is 4.05. The van der Waals surface area contributed by atoms with E-state index in [0.717, 1.165) is 31.9 Å². The summed E-state index contributed by atoms with van der Waals surface area (Å²) < 4.78 is 4.03. The standard InChI is InChI=1S/C14H23N5/c1-5-18-10-13(12(4)17-18)8-15-9-14-11(3)7-16-19(14)6-2/h7,10,15H,5-6,8-9H2,1-4H3. The van der Waals surface area contributed by atoms with Crippen LogP contribution in [-0.4, -0.2) is 19.6 Å². The van der Waals surface area contributed by atoms with Gasteiger partial charge in [-0.1, -0.05) is 0 Å². The lowest BCUT2D eigenvalue weighted by molar-refractivity contribution is 0.579. The third kappa shape index (κ3) is 3.04. The highest BCUT2D eigenvalue weighted by Crippen LogP contribution is 2.09. The predicted octanol–water partition coefficient (Wildman–Crippen LogP) is 2.03. The number of nitrogens with one attached hydrogen (secondary N) is 1. The van der Waals surface area contributed by atoms with E-state index in [0.29, 0.717) is 0 Å². The minimum Gasteiger partial charge on any atom is -0.307 e. The molecular weight excluding hydrogens is 238 g/mol. The Hall–Kier alpha value is -1.62. The molecule has 0 bridgehead atoms. The van der Waals surface area contributed by atoms with Crippen LogP contribution in [0.15, 0.2) is 12.4 Å². The van der Waals surface area contributed by atoms with Crippen LogP contribution in [0.1, 0.15) is 36.4 Å². The molecule has 5 nitrogen and oxygen atoms in total. The quantitative estimate of drug-likeness (QED) is 0.865. The fourth-order valence-corrected chi connectivity index (χ4v) is 2.22. The van der Waals surface area contributed by atoms with Crippen molar-refractivity contribution in [2.45, 2.75) is 53.9 Å². The second-order valence-corrected chi connectivity index (χ2v) is 4.79. The molecular formula is C14H23N5. The number of rotatable bonds is 6. The number of nitrogens with zero attached hydrogens (tertiary/aromatic N) is 4. The van der Waals surface area contributed by atoms with E-state index in [1.54, 1.807) is 0 Å². The highest BCUT2D eigenvalue weighted by Gasteiger charge is 2.07. The van der Waals surface area contributed by atoms with E-state index in [9.17, 15) is 0 Å². The normalized spacial score (nSPS) is 11.2. The fourth-order valence-electron chi connectivity index (χ4n) is 2.22. The van der Waals surface area contributed by atoms with Crippen LogP contribution in [0.2, 0.25) is 0 Å². The summed E-state index contributed by atoms with van der Waals surface area (Å²) in [5, 5.41) is 12.3. The molecule has 0 saturated carbocycles. The van der Waals surface area contributed by atoms with Crippen molar-refractivity contribution in [3.05, 3.63) is 34.9 Å². The molecule has 0 aliphatic rings. The zero-order valence-corrected chi connectivity index (χ0v) is 12.3. The van der Waals surface area contributed by atoms with Gasteiger partial charge < -0.3 is 5.32 Å². The summed E-state index contributed by atoms with van der Waals surface area (Å²) in [7, 11) is 0. The van der Waals surface area contributed by atoms with Crippen molar-refractivity contribution in [2.24, 2.45) is 0 Å². The minimum absolute atomic E-state index is 0.844. The maximum atomic E-state index is 4.46. The SMILES string of the molecule is CCn1cc(CNCc2c(C)cnn2CC)c(C)n1. The van der Waals surface area contributed by atoms with Gasteiger partial charge in [0.25, 0.3) is 0 Å². The van der Waals surface area contributed by atoms with E-state index in [2.05, 4.69) is 49.4 Å². The zero-order valence-electron chi connectivity index (χ0n) is 12.3. The van der Waals surface area contributed by atoms with E-state index in [-0.39, 0.29) is 0 Å². The summed E-state index contributed by atoms with van der Waals surface area (Å²) in [5.41, 5.74) is 4.88. The average Bonchev–Trinajstić information content (AvgIpc) is 2.94. The van der Waals surface area contributed by atoms with Gasteiger partial charge in [0.1, 0.15) is 0 Å². The predicted molar refractivity (Wildman–Crippen MR) is 75.8 cm³/mol. The monoisotopic (exact) mass is 261 g/mol. The smallest absolute Gasteiger partial charge is 0.0638 e. The van der Waals surface area contributed by atoms with Gasteiger partial charge in [0.2, 0.25) is 0 Å². The second-order valence-electron chi connectivity index (χ2n) is 4.79. The molecule has 19 heavy (non-hydrogen) atoms. The van der Waals surface area contributed by atoms with E-state index in [1.165, 1.54) is 16.8 Å². The van der Waals surface area contributed by atoms with Crippen molar-refractivity contribution < 1.29 is 0 Å². The molecule has 104 valence electrons. The number of aryl methyl sites for hydroxylation is 4. The first-order valence-corrected chi connectivity index (χ1v) is 6.90. The van der Waals surface area contributed by atoms with Gasteiger partial charge >= 0.3 is 0 Å². The van der Waals surface area contributed by atoms with Crippen molar-refractivity contribution in [3.8, 4) is 0 Å². The lowest BCUT2D eigenvalue weighted by atomic mass is 10.2. The Morgan fingerprint density at radius 2 is 1.95 bits per heavy atom. The van der Waals surface area contributed by atoms with Gasteiger partial charge in [0.05, 0.1) is 17.6 Å². The summed E-state index contributed by atoms with van der Waals surface area (Å²) in [5.74, 6) is 0. The van der Waals surface area contributed by atoms with Crippen LogP contribution in [0.25, 0.3) is 0 Å². The summed E-state index contributed by atoms with van der Waals surface area (Å²) >= 11 is 0. The molecule has 0 atom stereocenters. The Balaban J connectivity index is 1.96. The minimum atomic E-state index is 0.844. The molecule has 5 heteroatoms. The molecule has 0 unspecified atom stereocenters. The van der Waals surface area contributed by atoms with E-state index >= 15 is 0 Å². The van der Waals surface area contributed by atoms with Crippen molar-refractivity contribution in [1.29, 1.82) is 0 Å². The first-order chi connectivity index (χ1) is 9.15. The van der Waals surface area contributed by atoms with Gasteiger partial charge in [0, 0.05) is 37.9 Å². The van der Waals surface area contributed by atoms with Crippen LogP contribution in [-0.2, 0) is 26.2 Å². The maximum Gasteiger partial charge on any atom is 0.0638 e.